The van der Waals surface area contributed by atoms with Gasteiger partial charge in [-0.05, 0) is 33.2 Å². The van der Waals surface area contributed by atoms with Gasteiger partial charge >= 0.3 is 5.97 Å². The Morgan fingerprint density at radius 3 is 2.73 bits per heavy atom. The molecule has 1 aliphatic rings. The Morgan fingerprint density at radius 2 is 2.27 bits per heavy atom. The lowest BCUT2D eigenvalue weighted by molar-refractivity contribution is -0.148. The molecule has 1 saturated heterocycles. The zero-order valence-corrected chi connectivity index (χ0v) is 9.82. The second-order valence-corrected chi connectivity index (χ2v) is 4.63. The van der Waals surface area contributed by atoms with Crippen molar-refractivity contribution in [3.8, 4) is 0 Å². The SMILES string of the molecule is COC1(CC(=O)O)CCCN(C(C)C)C1. The molecule has 0 spiro atoms. The molecule has 1 atom stereocenters. The van der Waals surface area contributed by atoms with E-state index in [1.54, 1.807) is 7.11 Å². The zero-order valence-electron chi connectivity index (χ0n) is 9.82. The standard InChI is InChI=1S/C11H21NO3/c1-9(2)12-6-4-5-11(8-12,15-3)7-10(13)14/h9H,4-8H2,1-3H3,(H,13,14). The predicted molar refractivity (Wildman–Crippen MR) is 57.9 cm³/mol. The molecule has 1 fully saturated rings. The molecule has 1 unspecified atom stereocenters. The minimum Gasteiger partial charge on any atom is -0.481 e. The number of hydrogen-bond acceptors (Lipinski definition) is 3. The second-order valence-electron chi connectivity index (χ2n) is 4.63. The van der Waals surface area contributed by atoms with Crippen LogP contribution in [0.2, 0.25) is 0 Å². The van der Waals surface area contributed by atoms with Crippen molar-refractivity contribution in [3.05, 3.63) is 0 Å². The van der Waals surface area contributed by atoms with Crippen LogP contribution in [0, 0.1) is 0 Å². The van der Waals surface area contributed by atoms with Gasteiger partial charge in [-0.25, -0.2) is 0 Å². The van der Waals surface area contributed by atoms with Crippen molar-refractivity contribution in [3.63, 3.8) is 0 Å². The number of methoxy groups -OCH3 is 1. The largest absolute Gasteiger partial charge is 0.481 e. The van der Waals surface area contributed by atoms with Gasteiger partial charge in [0.2, 0.25) is 0 Å². The summed E-state index contributed by atoms with van der Waals surface area (Å²) in [7, 11) is 1.62. The summed E-state index contributed by atoms with van der Waals surface area (Å²) in [5.74, 6) is -0.776. The summed E-state index contributed by atoms with van der Waals surface area (Å²) in [5, 5.41) is 8.89. The van der Waals surface area contributed by atoms with Crippen molar-refractivity contribution < 1.29 is 14.6 Å². The molecule has 4 nitrogen and oxygen atoms in total. The predicted octanol–water partition coefficient (Wildman–Crippen LogP) is 1.35. The summed E-state index contributed by atoms with van der Waals surface area (Å²) in [5.41, 5.74) is -0.478. The first-order chi connectivity index (χ1) is 6.99. The number of carbonyl (C=O) groups is 1. The fraction of sp³-hybridized carbons (Fsp3) is 0.909. The third-order valence-electron chi connectivity index (χ3n) is 3.21. The molecule has 0 aromatic rings. The Bertz CT molecular complexity index is 230. The first-order valence-electron chi connectivity index (χ1n) is 5.50. The first-order valence-corrected chi connectivity index (χ1v) is 5.50. The van der Waals surface area contributed by atoms with E-state index in [-0.39, 0.29) is 6.42 Å². The lowest BCUT2D eigenvalue weighted by atomic mass is 9.88. The molecule has 4 heteroatoms. The zero-order chi connectivity index (χ0) is 11.5. The third kappa shape index (κ3) is 3.18. The number of piperidine rings is 1. The fourth-order valence-corrected chi connectivity index (χ4v) is 2.23. The van der Waals surface area contributed by atoms with Crippen molar-refractivity contribution in [2.45, 2.75) is 44.8 Å². The average Bonchev–Trinajstić information content (AvgIpc) is 2.17. The summed E-state index contributed by atoms with van der Waals surface area (Å²) in [6, 6.07) is 0.452. The van der Waals surface area contributed by atoms with E-state index < -0.39 is 11.6 Å². The Labute approximate surface area is 91.2 Å². The van der Waals surface area contributed by atoms with Gasteiger partial charge in [0, 0.05) is 19.7 Å². The molecule has 1 N–H and O–H groups in total. The van der Waals surface area contributed by atoms with Crippen LogP contribution in [0.15, 0.2) is 0 Å². The number of carboxylic acids is 1. The third-order valence-corrected chi connectivity index (χ3v) is 3.21. The highest BCUT2D eigenvalue weighted by Crippen LogP contribution is 2.28. The minimum atomic E-state index is -0.776. The van der Waals surface area contributed by atoms with E-state index in [4.69, 9.17) is 9.84 Å². The quantitative estimate of drug-likeness (QED) is 0.769. The van der Waals surface area contributed by atoms with E-state index in [1.165, 1.54) is 0 Å². The van der Waals surface area contributed by atoms with E-state index in [0.717, 1.165) is 25.9 Å². The number of rotatable bonds is 4. The highest BCUT2D eigenvalue weighted by molar-refractivity contribution is 5.68. The molecule has 0 saturated carbocycles. The Kier molecular flexibility index (Phi) is 4.11. The van der Waals surface area contributed by atoms with Gasteiger partial charge in [0.1, 0.15) is 0 Å². The van der Waals surface area contributed by atoms with Gasteiger partial charge < -0.3 is 9.84 Å². The van der Waals surface area contributed by atoms with Gasteiger partial charge in [0.25, 0.3) is 0 Å². The molecule has 0 bridgehead atoms. The van der Waals surface area contributed by atoms with Crippen LogP contribution < -0.4 is 0 Å². The highest BCUT2D eigenvalue weighted by atomic mass is 16.5. The van der Waals surface area contributed by atoms with Gasteiger partial charge in [-0.15, -0.1) is 0 Å². The van der Waals surface area contributed by atoms with E-state index in [2.05, 4.69) is 18.7 Å². The van der Waals surface area contributed by atoms with Crippen LogP contribution in [0.3, 0.4) is 0 Å². The summed E-state index contributed by atoms with van der Waals surface area (Å²) >= 11 is 0. The van der Waals surface area contributed by atoms with Crippen LogP contribution in [0.5, 0.6) is 0 Å². The smallest absolute Gasteiger partial charge is 0.306 e. The molecule has 1 rings (SSSR count). The topological polar surface area (TPSA) is 49.8 Å². The first kappa shape index (κ1) is 12.5. The van der Waals surface area contributed by atoms with Crippen molar-refractivity contribution in [2.24, 2.45) is 0 Å². The summed E-state index contributed by atoms with van der Waals surface area (Å²) in [6.45, 7) is 6.04. The molecular weight excluding hydrogens is 194 g/mol. The number of likely N-dealkylation sites (tertiary alicyclic amines) is 1. The molecule has 0 aromatic carbocycles. The highest BCUT2D eigenvalue weighted by Gasteiger charge is 2.38. The number of hydrogen-bond donors (Lipinski definition) is 1. The molecule has 1 heterocycles. The van der Waals surface area contributed by atoms with Gasteiger partial charge in [0.05, 0.1) is 12.0 Å². The minimum absolute atomic E-state index is 0.104. The molecular formula is C11H21NO3. The van der Waals surface area contributed by atoms with Crippen molar-refractivity contribution in [1.29, 1.82) is 0 Å². The Balaban J connectivity index is 2.67. The maximum absolute atomic E-state index is 10.8. The van der Waals surface area contributed by atoms with Crippen LogP contribution >= 0.6 is 0 Å². The fourth-order valence-electron chi connectivity index (χ4n) is 2.23. The van der Waals surface area contributed by atoms with Crippen LogP contribution in [-0.4, -0.2) is 47.8 Å². The lowest BCUT2D eigenvalue weighted by Gasteiger charge is -2.42. The number of nitrogens with zero attached hydrogens (tertiary/aromatic N) is 1. The Morgan fingerprint density at radius 1 is 1.60 bits per heavy atom. The molecule has 1 aliphatic heterocycles. The van der Waals surface area contributed by atoms with E-state index in [0.29, 0.717) is 6.04 Å². The summed E-state index contributed by atoms with van der Waals surface area (Å²) in [4.78, 5) is 13.1. The number of carboxylic acid groups (broad SMARTS) is 1. The summed E-state index contributed by atoms with van der Waals surface area (Å²) in [6.07, 6.45) is 1.96. The molecule has 0 aliphatic carbocycles. The van der Waals surface area contributed by atoms with Crippen molar-refractivity contribution in [2.75, 3.05) is 20.2 Å². The van der Waals surface area contributed by atoms with Crippen LogP contribution in [0.25, 0.3) is 0 Å². The maximum atomic E-state index is 10.8. The monoisotopic (exact) mass is 215 g/mol. The lowest BCUT2D eigenvalue weighted by Crippen LogP contribution is -2.52. The molecule has 88 valence electrons. The van der Waals surface area contributed by atoms with E-state index in [9.17, 15) is 4.79 Å². The van der Waals surface area contributed by atoms with Gasteiger partial charge in [-0.2, -0.15) is 0 Å². The van der Waals surface area contributed by atoms with Gasteiger partial charge in [0.15, 0.2) is 0 Å². The van der Waals surface area contributed by atoms with Crippen LogP contribution in [0.1, 0.15) is 33.1 Å². The van der Waals surface area contributed by atoms with E-state index in [1.807, 2.05) is 0 Å². The number of ether oxygens (including phenoxy) is 1. The van der Waals surface area contributed by atoms with Crippen LogP contribution in [0.4, 0.5) is 0 Å². The van der Waals surface area contributed by atoms with Gasteiger partial charge in [-0.3, -0.25) is 9.69 Å². The molecule has 15 heavy (non-hydrogen) atoms. The molecule has 0 radical (unpaired) electrons. The maximum Gasteiger partial charge on any atom is 0.306 e. The van der Waals surface area contributed by atoms with Gasteiger partial charge in [-0.1, -0.05) is 0 Å². The van der Waals surface area contributed by atoms with Crippen LogP contribution in [-0.2, 0) is 9.53 Å². The summed E-state index contributed by atoms with van der Waals surface area (Å²) < 4.78 is 5.45. The number of aliphatic carboxylic acids is 1. The van der Waals surface area contributed by atoms with Crippen molar-refractivity contribution in [1.82, 2.24) is 4.90 Å². The normalized spacial score (nSPS) is 28.3. The average molecular weight is 215 g/mol. The molecule has 0 amide bonds. The van der Waals surface area contributed by atoms with Crippen molar-refractivity contribution >= 4 is 5.97 Å². The molecule has 0 aromatic heterocycles. The van der Waals surface area contributed by atoms with E-state index >= 15 is 0 Å². The second kappa shape index (κ2) is 4.94. The Hall–Kier alpha value is -0.610.